The van der Waals surface area contributed by atoms with Crippen molar-refractivity contribution in [2.45, 2.75) is 57.1 Å². The summed E-state index contributed by atoms with van der Waals surface area (Å²) in [4.78, 5) is 27.9. The maximum Gasteiger partial charge on any atom is 0.410 e. The maximum atomic E-state index is 13.1. The highest BCUT2D eigenvalue weighted by atomic mass is 35.5. The monoisotopic (exact) mass is 650 g/mol. The lowest BCUT2D eigenvalue weighted by atomic mass is 10.1. The molecule has 2 N–H and O–H groups in total. The first-order valence-corrected chi connectivity index (χ1v) is 16.3. The maximum absolute atomic E-state index is 13.1. The van der Waals surface area contributed by atoms with Gasteiger partial charge >= 0.3 is 6.09 Å². The number of ether oxygens (including phenoxy) is 2. The average molecular weight is 651 g/mol. The molecule has 11 nitrogen and oxygen atoms in total. The molecule has 1 unspecified atom stereocenters. The molecular formula is C32H35ClN6O5S. The van der Waals surface area contributed by atoms with Crippen molar-refractivity contribution in [3.05, 3.63) is 83.6 Å². The van der Waals surface area contributed by atoms with Gasteiger partial charge in [0.2, 0.25) is 11.8 Å². The molecule has 1 aliphatic heterocycles. The van der Waals surface area contributed by atoms with Gasteiger partial charge < -0.3 is 19.7 Å². The van der Waals surface area contributed by atoms with E-state index in [0.717, 1.165) is 12.8 Å². The van der Waals surface area contributed by atoms with E-state index < -0.39 is 15.6 Å². The van der Waals surface area contributed by atoms with Crippen molar-refractivity contribution in [2.24, 2.45) is 0 Å². The summed E-state index contributed by atoms with van der Waals surface area (Å²) in [6.07, 6.45) is 4.59. The summed E-state index contributed by atoms with van der Waals surface area (Å²) in [5, 5.41) is 3.48. The average Bonchev–Trinajstić information content (AvgIpc) is 2.99. The highest BCUT2D eigenvalue weighted by Crippen LogP contribution is 2.35. The minimum absolute atomic E-state index is 0.0247. The van der Waals surface area contributed by atoms with Gasteiger partial charge in [0.05, 0.1) is 22.0 Å². The number of halogens is 1. The zero-order chi connectivity index (χ0) is 32.2. The van der Waals surface area contributed by atoms with Gasteiger partial charge in [-0.25, -0.2) is 28.2 Å². The van der Waals surface area contributed by atoms with Crippen molar-refractivity contribution >= 4 is 39.4 Å². The molecule has 2 aromatic carbocycles. The van der Waals surface area contributed by atoms with E-state index in [2.05, 4.69) is 20.0 Å². The van der Waals surface area contributed by atoms with Crippen LogP contribution in [-0.4, -0.2) is 59.1 Å². The molecule has 1 fully saturated rings. The zero-order valence-electron chi connectivity index (χ0n) is 25.5. The van der Waals surface area contributed by atoms with Crippen molar-refractivity contribution in [3.63, 3.8) is 0 Å². The number of hydrogen-bond acceptors (Lipinski definition) is 9. The zero-order valence-corrected chi connectivity index (χ0v) is 27.0. The summed E-state index contributed by atoms with van der Waals surface area (Å²) in [6.45, 7) is 8.40. The van der Waals surface area contributed by atoms with Gasteiger partial charge in [0.15, 0.2) is 0 Å². The number of rotatable bonds is 8. The molecule has 3 heterocycles. The van der Waals surface area contributed by atoms with E-state index in [1.165, 1.54) is 12.1 Å². The van der Waals surface area contributed by atoms with Crippen LogP contribution in [0.1, 0.15) is 39.2 Å². The van der Waals surface area contributed by atoms with Crippen molar-refractivity contribution in [2.75, 3.05) is 23.1 Å². The Morgan fingerprint density at radius 2 is 1.82 bits per heavy atom. The summed E-state index contributed by atoms with van der Waals surface area (Å²) in [5.74, 6) is 1.10. The van der Waals surface area contributed by atoms with Gasteiger partial charge in [0.25, 0.3) is 10.0 Å². The van der Waals surface area contributed by atoms with E-state index in [1.54, 1.807) is 66.7 Å². The van der Waals surface area contributed by atoms with Crippen molar-refractivity contribution in [3.8, 4) is 22.9 Å². The number of anilines is 2. The Labute approximate surface area is 268 Å². The number of sulfonamides is 1. The van der Waals surface area contributed by atoms with E-state index >= 15 is 0 Å². The Kier molecular flexibility index (Phi) is 9.45. The SMILES string of the molecule is Cc1c(NS(=O)(=O)c2ccccc2Cl)cccc1Oc1ncccc1-c1ccnc(NC2CCCN(C(=O)OC(C)(C)C)C2)n1. The molecule has 0 radical (unpaired) electrons. The summed E-state index contributed by atoms with van der Waals surface area (Å²) in [5.41, 5.74) is 1.52. The van der Waals surface area contributed by atoms with Crippen LogP contribution in [0.5, 0.6) is 11.6 Å². The third kappa shape index (κ3) is 8.00. The van der Waals surface area contributed by atoms with E-state index in [0.29, 0.717) is 47.3 Å². The molecule has 1 aliphatic rings. The quantitative estimate of drug-likeness (QED) is 0.209. The highest BCUT2D eigenvalue weighted by Gasteiger charge is 2.28. The molecule has 4 aromatic rings. The van der Waals surface area contributed by atoms with Gasteiger partial charge in [-0.1, -0.05) is 29.8 Å². The van der Waals surface area contributed by atoms with Crippen LogP contribution in [0.15, 0.2) is 78.0 Å². The molecule has 0 saturated carbocycles. The molecule has 2 aromatic heterocycles. The Morgan fingerprint density at radius 3 is 2.60 bits per heavy atom. The number of carbonyl (C=O) groups is 1. The van der Waals surface area contributed by atoms with Crippen LogP contribution >= 0.6 is 11.6 Å². The number of hydrogen-bond donors (Lipinski definition) is 2. The predicted molar refractivity (Wildman–Crippen MR) is 173 cm³/mol. The van der Waals surface area contributed by atoms with E-state index in [9.17, 15) is 13.2 Å². The Morgan fingerprint density at radius 1 is 1.02 bits per heavy atom. The summed E-state index contributed by atoms with van der Waals surface area (Å²) in [7, 11) is -3.95. The third-order valence-electron chi connectivity index (χ3n) is 6.97. The topological polar surface area (TPSA) is 136 Å². The van der Waals surface area contributed by atoms with Crippen LogP contribution < -0.4 is 14.8 Å². The highest BCUT2D eigenvalue weighted by molar-refractivity contribution is 7.92. The Bertz CT molecular complexity index is 1800. The van der Waals surface area contributed by atoms with E-state index in [4.69, 9.17) is 26.1 Å². The van der Waals surface area contributed by atoms with Gasteiger partial charge in [0, 0.05) is 37.1 Å². The molecular weight excluding hydrogens is 616 g/mol. The number of likely N-dealkylation sites (tertiary alicyclic amines) is 1. The van der Waals surface area contributed by atoms with Crippen LogP contribution in [-0.2, 0) is 14.8 Å². The number of pyridine rings is 1. The van der Waals surface area contributed by atoms with E-state index in [1.807, 2.05) is 26.8 Å². The van der Waals surface area contributed by atoms with Crippen LogP contribution in [0.4, 0.5) is 16.4 Å². The van der Waals surface area contributed by atoms with E-state index in [-0.39, 0.29) is 27.9 Å². The van der Waals surface area contributed by atoms with Gasteiger partial charge in [-0.3, -0.25) is 4.72 Å². The largest absolute Gasteiger partial charge is 0.444 e. The first kappa shape index (κ1) is 32.0. The minimum Gasteiger partial charge on any atom is -0.444 e. The lowest BCUT2D eigenvalue weighted by Crippen LogP contribution is -2.47. The van der Waals surface area contributed by atoms with Crippen LogP contribution in [0.3, 0.4) is 0 Å². The molecule has 0 spiro atoms. The molecule has 5 rings (SSSR count). The molecule has 0 bridgehead atoms. The molecule has 1 atom stereocenters. The number of amides is 1. The molecule has 1 saturated heterocycles. The van der Waals surface area contributed by atoms with Crippen LogP contribution in [0.2, 0.25) is 5.02 Å². The molecule has 1 amide bonds. The third-order valence-corrected chi connectivity index (χ3v) is 8.84. The first-order valence-electron chi connectivity index (χ1n) is 14.5. The Balaban J connectivity index is 1.33. The van der Waals surface area contributed by atoms with Gasteiger partial charge in [-0.15, -0.1) is 0 Å². The van der Waals surface area contributed by atoms with Gasteiger partial charge in [-0.2, -0.15) is 0 Å². The molecule has 0 aliphatic carbocycles. The molecule has 45 heavy (non-hydrogen) atoms. The van der Waals surface area contributed by atoms with Gasteiger partial charge in [-0.05, 0) is 83.0 Å². The second kappa shape index (κ2) is 13.3. The van der Waals surface area contributed by atoms with Crippen molar-refractivity contribution < 1.29 is 22.7 Å². The number of piperidine rings is 1. The number of nitrogens with zero attached hydrogens (tertiary/aromatic N) is 4. The fourth-order valence-corrected chi connectivity index (χ4v) is 6.46. The second-order valence-electron chi connectivity index (χ2n) is 11.6. The lowest BCUT2D eigenvalue weighted by Gasteiger charge is -2.34. The normalized spacial score (nSPS) is 15.3. The van der Waals surface area contributed by atoms with Crippen molar-refractivity contribution in [1.29, 1.82) is 0 Å². The van der Waals surface area contributed by atoms with Crippen molar-refractivity contribution in [1.82, 2.24) is 19.9 Å². The molecule has 236 valence electrons. The fraction of sp³-hybridized carbons (Fsp3) is 0.312. The summed E-state index contributed by atoms with van der Waals surface area (Å²) in [6, 6.07) is 16.6. The number of nitrogens with one attached hydrogen (secondary N) is 2. The summed E-state index contributed by atoms with van der Waals surface area (Å²) >= 11 is 6.15. The number of benzene rings is 2. The number of aromatic nitrogens is 3. The first-order chi connectivity index (χ1) is 21.4. The summed E-state index contributed by atoms with van der Waals surface area (Å²) < 4.78 is 40.5. The minimum atomic E-state index is -3.95. The Hall–Kier alpha value is -4.42. The fourth-order valence-electron chi connectivity index (χ4n) is 4.82. The molecule has 13 heteroatoms. The number of carbonyl (C=O) groups excluding carboxylic acids is 1. The van der Waals surface area contributed by atoms with Crippen LogP contribution in [0, 0.1) is 6.92 Å². The van der Waals surface area contributed by atoms with Gasteiger partial charge in [0.1, 0.15) is 16.2 Å². The lowest BCUT2D eigenvalue weighted by molar-refractivity contribution is 0.0206. The smallest absolute Gasteiger partial charge is 0.410 e. The standard InChI is InChI=1S/C32H35ClN6O5S/c1-21-25(38-45(41,42)28-15-6-5-12-24(28)33)13-7-14-27(21)43-29-23(11-8-17-34-29)26-16-18-35-30(37-26)36-22-10-9-19-39(20-22)31(40)44-32(2,3)4/h5-8,11-18,22,38H,9-10,19-20H2,1-4H3,(H,35,36,37). The predicted octanol–water partition coefficient (Wildman–Crippen LogP) is 6.90. The second-order valence-corrected chi connectivity index (χ2v) is 13.7. The van der Waals surface area contributed by atoms with Crippen LogP contribution in [0.25, 0.3) is 11.3 Å².